The van der Waals surface area contributed by atoms with Crippen LogP contribution in [0.5, 0.6) is 0 Å². The summed E-state index contributed by atoms with van der Waals surface area (Å²) in [7, 11) is 0. The van der Waals surface area contributed by atoms with Crippen molar-refractivity contribution in [2.24, 2.45) is 0 Å². The van der Waals surface area contributed by atoms with Crippen molar-refractivity contribution in [1.29, 1.82) is 0 Å². The lowest BCUT2D eigenvalue weighted by Gasteiger charge is -2.04. The van der Waals surface area contributed by atoms with Gasteiger partial charge in [-0.25, -0.2) is 13.2 Å². The van der Waals surface area contributed by atoms with E-state index in [-0.39, 0.29) is 24.0 Å². The average molecular weight is 272 g/mol. The van der Waals surface area contributed by atoms with Gasteiger partial charge >= 0.3 is 0 Å². The predicted molar refractivity (Wildman–Crippen MR) is 59.2 cm³/mol. The lowest BCUT2D eigenvalue weighted by molar-refractivity contribution is -0.00754. The number of rotatable bonds is 5. The molecule has 2 rings (SSSR count). The molecule has 0 spiro atoms. The average Bonchev–Trinajstić information content (AvgIpc) is 2.76. The van der Waals surface area contributed by atoms with Crippen molar-refractivity contribution in [2.45, 2.75) is 25.4 Å². The van der Waals surface area contributed by atoms with Crippen LogP contribution in [0.4, 0.5) is 13.2 Å². The van der Waals surface area contributed by atoms with E-state index in [1.54, 1.807) is 12.1 Å². The first-order valence-corrected chi connectivity index (χ1v) is 5.56. The van der Waals surface area contributed by atoms with Crippen LogP contribution in [0.2, 0.25) is 0 Å². The molecule has 1 heterocycles. The van der Waals surface area contributed by atoms with Crippen molar-refractivity contribution in [3.8, 4) is 0 Å². The van der Waals surface area contributed by atoms with Crippen molar-refractivity contribution < 1.29 is 22.8 Å². The monoisotopic (exact) mass is 272 g/mol. The normalized spacial score (nSPS) is 12.9. The zero-order valence-corrected chi connectivity index (χ0v) is 9.76. The Bertz CT molecular complexity index is 545. The second-order valence-electron chi connectivity index (χ2n) is 4.02. The summed E-state index contributed by atoms with van der Waals surface area (Å²) in [6.07, 6.45) is -4.87. The highest BCUT2D eigenvalue weighted by molar-refractivity contribution is 5.19. The number of aliphatic hydroxyl groups is 1. The molecule has 102 valence electrons. The van der Waals surface area contributed by atoms with Crippen LogP contribution in [0.1, 0.15) is 17.3 Å². The number of halogens is 3. The zero-order valence-electron chi connectivity index (χ0n) is 9.76. The van der Waals surface area contributed by atoms with Crippen molar-refractivity contribution in [3.05, 3.63) is 47.4 Å². The van der Waals surface area contributed by atoms with Crippen LogP contribution < -0.4 is 0 Å². The maximum atomic E-state index is 13.0. The van der Waals surface area contributed by atoms with Crippen molar-refractivity contribution in [2.75, 3.05) is 0 Å². The van der Waals surface area contributed by atoms with Gasteiger partial charge in [-0.2, -0.15) is 4.98 Å². The highest BCUT2D eigenvalue weighted by atomic mass is 19.3. The first-order valence-electron chi connectivity index (χ1n) is 5.56. The molecule has 0 saturated carbocycles. The second kappa shape index (κ2) is 5.83. The minimum Gasteiger partial charge on any atom is -0.387 e. The Balaban J connectivity index is 2.01. The van der Waals surface area contributed by atoms with Gasteiger partial charge in [0.25, 0.3) is 6.43 Å². The quantitative estimate of drug-likeness (QED) is 0.904. The molecule has 1 unspecified atom stereocenters. The van der Waals surface area contributed by atoms with Crippen LogP contribution in [-0.4, -0.2) is 27.8 Å². The van der Waals surface area contributed by atoms with Gasteiger partial charge in [0, 0.05) is 6.42 Å². The zero-order chi connectivity index (χ0) is 13.8. The van der Waals surface area contributed by atoms with Gasteiger partial charge < -0.3 is 9.63 Å². The maximum absolute atomic E-state index is 13.0. The Morgan fingerprint density at radius 1 is 1.32 bits per heavy atom. The van der Waals surface area contributed by atoms with Gasteiger partial charge in [-0.1, -0.05) is 17.3 Å². The van der Waals surface area contributed by atoms with Gasteiger partial charge in [0.15, 0.2) is 5.82 Å². The van der Waals surface area contributed by atoms with Crippen LogP contribution in [0, 0.1) is 5.82 Å². The molecular formula is C12H11F3N2O2. The van der Waals surface area contributed by atoms with Crippen molar-refractivity contribution in [3.63, 3.8) is 0 Å². The van der Waals surface area contributed by atoms with E-state index >= 15 is 0 Å². The smallest absolute Gasteiger partial charge is 0.264 e. The van der Waals surface area contributed by atoms with E-state index in [0.29, 0.717) is 5.56 Å². The fourth-order valence-electron chi connectivity index (χ4n) is 1.54. The molecule has 0 bridgehead atoms. The van der Waals surface area contributed by atoms with E-state index < -0.39 is 19.0 Å². The number of aliphatic hydroxyl groups excluding tert-OH is 1. The van der Waals surface area contributed by atoms with Gasteiger partial charge in [0.2, 0.25) is 5.89 Å². The molecule has 19 heavy (non-hydrogen) atoms. The summed E-state index contributed by atoms with van der Waals surface area (Å²) in [6.45, 7) is 0. The number of alkyl halides is 2. The highest BCUT2D eigenvalue weighted by Gasteiger charge is 2.20. The van der Waals surface area contributed by atoms with E-state index in [1.165, 1.54) is 12.1 Å². The van der Waals surface area contributed by atoms with E-state index in [1.807, 2.05) is 0 Å². The van der Waals surface area contributed by atoms with Crippen molar-refractivity contribution >= 4 is 0 Å². The van der Waals surface area contributed by atoms with E-state index in [4.69, 9.17) is 9.63 Å². The Hall–Kier alpha value is -1.89. The molecule has 1 aromatic carbocycles. The third kappa shape index (κ3) is 3.78. The Labute approximate surface area is 106 Å². The Kier molecular flexibility index (Phi) is 4.16. The molecule has 0 aliphatic heterocycles. The van der Waals surface area contributed by atoms with Crippen LogP contribution >= 0.6 is 0 Å². The summed E-state index contributed by atoms with van der Waals surface area (Å²) in [6, 6.07) is 5.87. The number of nitrogens with zero attached hydrogens (tertiary/aromatic N) is 2. The third-order valence-corrected chi connectivity index (χ3v) is 2.44. The van der Waals surface area contributed by atoms with Gasteiger partial charge in [0.1, 0.15) is 11.9 Å². The third-order valence-electron chi connectivity index (χ3n) is 2.44. The van der Waals surface area contributed by atoms with Gasteiger partial charge in [-0.3, -0.25) is 0 Å². The van der Waals surface area contributed by atoms with Crippen LogP contribution in [0.25, 0.3) is 0 Å². The Morgan fingerprint density at radius 3 is 2.79 bits per heavy atom. The summed E-state index contributed by atoms with van der Waals surface area (Å²) in [5.41, 5.74) is 0.641. The molecule has 0 fully saturated rings. The van der Waals surface area contributed by atoms with Gasteiger partial charge in [-0.05, 0) is 17.7 Å². The lowest BCUT2D eigenvalue weighted by atomic mass is 10.1. The van der Waals surface area contributed by atoms with Gasteiger partial charge in [-0.15, -0.1) is 0 Å². The van der Waals surface area contributed by atoms with Crippen LogP contribution in [0.3, 0.4) is 0 Å². The molecule has 1 N–H and O–H groups in total. The molecule has 7 heteroatoms. The fraction of sp³-hybridized carbons (Fsp3) is 0.333. The molecule has 0 aliphatic rings. The SMILES string of the molecule is OC(Cc1nc(Cc2cccc(F)c2)no1)C(F)F. The largest absolute Gasteiger partial charge is 0.387 e. The molecular weight excluding hydrogens is 261 g/mol. The number of benzene rings is 1. The first kappa shape index (κ1) is 13.5. The van der Waals surface area contributed by atoms with Crippen molar-refractivity contribution in [1.82, 2.24) is 10.1 Å². The Morgan fingerprint density at radius 2 is 2.11 bits per heavy atom. The molecule has 1 aromatic heterocycles. The van der Waals surface area contributed by atoms with E-state index in [2.05, 4.69) is 10.1 Å². The topological polar surface area (TPSA) is 59.2 Å². The lowest BCUT2D eigenvalue weighted by Crippen LogP contribution is -2.20. The summed E-state index contributed by atoms with van der Waals surface area (Å²) in [5.74, 6) is -0.199. The van der Waals surface area contributed by atoms with Crippen LogP contribution in [-0.2, 0) is 12.8 Å². The fourth-order valence-corrected chi connectivity index (χ4v) is 1.54. The molecule has 4 nitrogen and oxygen atoms in total. The number of aromatic nitrogens is 2. The van der Waals surface area contributed by atoms with E-state index in [9.17, 15) is 13.2 Å². The molecule has 0 aliphatic carbocycles. The predicted octanol–water partition coefficient (Wildman–Crippen LogP) is 1.97. The number of hydrogen-bond acceptors (Lipinski definition) is 4. The molecule has 2 aromatic rings. The molecule has 0 radical (unpaired) electrons. The summed E-state index contributed by atoms with van der Waals surface area (Å²) >= 11 is 0. The minimum absolute atomic E-state index is 0.0702. The summed E-state index contributed by atoms with van der Waals surface area (Å²) < 4.78 is 42.0. The van der Waals surface area contributed by atoms with Crippen LogP contribution in [0.15, 0.2) is 28.8 Å². The molecule has 1 atom stereocenters. The second-order valence-corrected chi connectivity index (χ2v) is 4.02. The van der Waals surface area contributed by atoms with E-state index in [0.717, 1.165) is 0 Å². The standard InChI is InChI=1S/C12H11F3N2O2/c13-8-3-1-2-7(4-8)5-10-16-11(19-17-10)6-9(18)12(14)15/h1-4,9,12,18H,5-6H2. The minimum atomic E-state index is -2.86. The first-order chi connectivity index (χ1) is 9.04. The summed E-state index contributed by atoms with van der Waals surface area (Å²) in [5, 5.41) is 12.6. The molecule has 0 saturated heterocycles. The number of hydrogen-bond donors (Lipinski definition) is 1. The summed E-state index contributed by atoms with van der Waals surface area (Å²) in [4.78, 5) is 3.86. The van der Waals surface area contributed by atoms with Gasteiger partial charge in [0.05, 0.1) is 6.42 Å². The highest BCUT2D eigenvalue weighted by Crippen LogP contribution is 2.11. The maximum Gasteiger partial charge on any atom is 0.264 e. The molecule has 0 amide bonds.